The Morgan fingerprint density at radius 2 is 2.19 bits per heavy atom. The van der Waals surface area contributed by atoms with E-state index in [4.69, 9.17) is 15.6 Å². The van der Waals surface area contributed by atoms with Crippen molar-refractivity contribution in [1.82, 2.24) is 25.8 Å². The number of nitrogens with zero attached hydrogens (tertiary/aromatic N) is 2. The van der Waals surface area contributed by atoms with Crippen molar-refractivity contribution in [3.05, 3.63) is 33.8 Å². The van der Waals surface area contributed by atoms with E-state index in [9.17, 15) is 22.8 Å². The number of thiophene rings is 1. The number of halogens is 3. The highest BCUT2D eigenvalue weighted by molar-refractivity contribution is 7.14. The molecule has 6 N–H and O–H groups in total. The summed E-state index contributed by atoms with van der Waals surface area (Å²) in [6.07, 6.45) is -7.23. The first-order chi connectivity index (χ1) is 15.1. The monoisotopic (exact) mass is 478 g/mol. The molecule has 3 unspecified atom stereocenters. The van der Waals surface area contributed by atoms with Crippen molar-refractivity contribution in [3.63, 3.8) is 0 Å². The Morgan fingerprint density at radius 1 is 1.44 bits per heavy atom. The Kier molecular flexibility index (Phi) is 7.61. The molecule has 2 aliphatic rings. The number of alkyl halides is 3. The summed E-state index contributed by atoms with van der Waals surface area (Å²) in [6.45, 7) is 1.70. The standard InChI is InChI=1S/C18H25F3N6O4S/c1-26-7-11(24-9-26)16(29)27-4-5-31-8-10(27)6-23-15(28)13-3-2-12(32-13)14(22)25-17(30)18(19,20)21/h2-3,7,10,14,17,24-25,30H,4-6,8-9,22H2,1H3,(H,23,28). The Hall–Kier alpha value is -2.39. The number of carbonyl (C=O) groups is 2. The number of nitrogens with one attached hydrogen (secondary N) is 3. The van der Waals surface area contributed by atoms with Crippen LogP contribution in [0.2, 0.25) is 0 Å². The largest absolute Gasteiger partial charge is 0.428 e. The summed E-state index contributed by atoms with van der Waals surface area (Å²) in [7, 11) is 1.84. The Bertz CT molecular complexity index is 864. The van der Waals surface area contributed by atoms with E-state index in [1.165, 1.54) is 12.1 Å². The molecule has 0 radical (unpaired) electrons. The van der Waals surface area contributed by atoms with Crippen LogP contribution in [0.3, 0.4) is 0 Å². The molecule has 3 heterocycles. The molecule has 1 saturated heterocycles. The van der Waals surface area contributed by atoms with E-state index in [1.54, 1.807) is 11.1 Å². The molecule has 10 nitrogen and oxygen atoms in total. The lowest BCUT2D eigenvalue weighted by atomic mass is 10.2. The van der Waals surface area contributed by atoms with E-state index >= 15 is 0 Å². The topological polar surface area (TPSA) is 132 Å². The van der Waals surface area contributed by atoms with Gasteiger partial charge >= 0.3 is 6.18 Å². The van der Waals surface area contributed by atoms with Gasteiger partial charge in [0.05, 0.1) is 37.0 Å². The van der Waals surface area contributed by atoms with Crippen molar-refractivity contribution >= 4 is 23.2 Å². The average molecular weight is 478 g/mol. The molecule has 3 atom stereocenters. The van der Waals surface area contributed by atoms with Crippen molar-refractivity contribution < 1.29 is 32.6 Å². The third kappa shape index (κ3) is 5.89. The quantitative estimate of drug-likeness (QED) is 0.331. The van der Waals surface area contributed by atoms with Gasteiger partial charge in [0.15, 0.2) is 0 Å². The van der Waals surface area contributed by atoms with Gasteiger partial charge in [-0.05, 0) is 12.1 Å². The van der Waals surface area contributed by atoms with Gasteiger partial charge in [-0.15, -0.1) is 11.3 Å². The minimum atomic E-state index is -4.86. The maximum absolute atomic E-state index is 12.8. The summed E-state index contributed by atoms with van der Waals surface area (Å²) >= 11 is 0.902. The minimum absolute atomic E-state index is 0.137. The van der Waals surface area contributed by atoms with Crippen LogP contribution in [0.25, 0.3) is 0 Å². The smallest absolute Gasteiger partial charge is 0.377 e. The zero-order valence-corrected chi connectivity index (χ0v) is 18.0. The number of rotatable bonds is 7. The normalized spacial score (nSPS) is 21.1. The fraction of sp³-hybridized carbons (Fsp3) is 0.556. The molecular formula is C18H25F3N6O4S. The van der Waals surface area contributed by atoms with Crippen LogP contribution in [0.4, 0.5) is 13.2 Å². The molecular weight excluding hydrogens is 453 g/mol. The first kappa shape index (κ1) is 24.3. The number of hydrogen-bond acceptors (Lipinski definition) is 9. The maximum Gasteiger partial charge on any atom is 0.428 e. The fourth-order valence-electron chi connectivity index (χ4n) is 3.18. The summed E-state index contributed by atoms with van der Waals surface area (Å²) in [5.41, 5.74) is 6.12. The zero-order chi connectivity index (χ0) is 23.5. The minimum Gasteiger partial charge on any atom is -0.377 e. The zero-order valence-electron chi connectivity index (χ0n) is 17.2. The third-order valence-corrected chi connectivity index (χ3v) is 6.06. The SMILES string of the molecule is CN1C=C(C(=O)N2CCOCC2CNC(=O)c2ccc(C(N)NC(O)C(F)(F)F)s2)NC1. The van der Waals surface area contributed by atoms with Gasteiger partial charge in [-0.3, -0.25) is 14.9 Å². The first-order valence-corrected chi connectivity index (χ1v) is 10.6. The number of carbonyl (C=O) groups excluding carboxylic acids is 2. The molecule has 0 aliphatic carbocycles. The van der Waals surface area contributed by atoms with Gasteiger partial charge in [0, 0.05) is 31.2 Å². The van der Waals surface area contributed by atoms with Crippen LogP contribution >= 0.6 is 11.3 Å². The van der Waals surface area contributed by atoms with Crippen LogP contribution in [0.15, 0.2) is 24.0 Å². The van der Waals surface area contributed by atoms with E-state index in [1.807, 2.05) is 17.3 Å². The first-order valence-electron chi connectivity index (χ1n) is 9.75. The van der Waals surface area contributed by atoms with Crippen LogP contribution in [0.1, 0.15) is 20.7 Å². The third-order valence-electron chi connectivity index (χ3n) is 4.89. The number of amides is 2. The summed E-state index contributed by atoms with van der Waals surface area (Å²) < 4.78 is 42.8. The number of aliphatic hydroxyl groups is 1. The van der Waals surface area contributed by atoms with Gasteiger partial charge in [0.25, 0.3) is 11.8 Å². The van der Waals surface area contributed by atoms with E-state index in [0.717, 1.165) is 11.3 Å². The van der Waals surface area contributed by atoms with Gasteiger partial charge in [-0.25, -0.2) is 0 Å². The van der Waals surface area contributed by atoms with Crippen LogP contribution < -0.4 is 21.7 Å². The lowest BCUT2D eigenvalue weighted by molar-refractivity contribution is -0.215. The number of nitrogens with two attached hydrogens (primary N) is 1. The van der Waals surface area contributed by atoms with E-state index in [0.29, 0.717) is 25.5 Å². The van der Waals surface area contributed by atoms with Gasteiger partial charge < -0.3 is 36.0 Å². The Morgan fingerprint density at radius 3 is 2.84 bits per heavy atom. The van der Waals surface area contributed by atoms with Crippen molar-refractivity contribution in [1.29, 1.82) is 0 Å². The molecule has 178 valence electrons. The number of morpholine rings is 1. The van der Waals surface area contributed by atoms with Crippen LogP contribution in [0.5, 0.6) is 0 Å². The van der Waals surface area contributed by atoms with Crippen LogP contribution in [0, 0.1) is 0 Å². The summed E-state index contributed by atoms with van der Waals surface area (Å²) in [4.78, 5) is 29.3. The predicted molar refractivity (Wildman–Crippen MR) is 109 cm³/mol. The Balaban J connectivity index is 1.56. The molecule has 0 aromatic carbocycles. The molecule has 1 fully saturated rings. The van der Waals surface area contributed by atoms with Crippen molar-refractivity contribution in [3.8, 4) is 0 Å². The van der Waals surface area contributed by atoms with Crippen molar-refractivity contribution in [2.45, 2.75) is 24.6 Å². The second-order valence-electron chi connectivity index (χ2n) is 7.36. The second kappa shape index (κ2) is 10.0. The van der Waals surface area contributed by atoms with E-state index < -0.39 is 24.5 Å². The molecule has 0 bridgehead atoms. The van der Waals surface area contributed by atoms with Gasteiger partial charge in [0.1, 0.15) is 5.70 Å². The number of aliphatic hydroxyl groups excluding tert-OH is 1. The van der Waals surface area contributed by atoms with Crippen molar-refractivity contribution in [2.24, 2.45) is 5.73 Å². The molecule has 2 aliphatic heterocycles. The maximum atomic E-state index is 12.8. The second-order valence-corrected chi connectivity index (χ2v) is 8.48. The molecule has 0 spiro atoms. The van der Waals surface area contributed by atoms with Gasteiger partial charge in [0.2, 0.25) is 6.23 Å². The van der Waals surface area contributed by atoms with Crippen LogP contribution in [-0.2, 0) is 9.53 Å². The summed E-state index contributed by atoms with van der Waals surface area (Å²) in [6, 6.07) is 2.47. The van der Waals surface area contributed by atoms with E-state index in [2.05, 4.69) is 10.6 Å². The van der Waals surface area contributed by atoms with Crippen LogP contribution in [-0.4, -0.2) is 85.2 Å². The number of hydrogen-bond donors (Lipinski definition) is 5. The number of ether oxygens (including phenoxy) is 1. The van der Waals surface area contributed by atoms with Crippen molar-refractivity contribution in [2.75, 3.05) is 40.0 Å². The molecule has 32 heavy (non-hydrogen) atoms. The summed E-state index contributed by atoms with van der Waals surface area (Å²) in [5, 5.41) is 16.7. The molecule has 3 rings (SSSR count). The summed E-state index contributed by atoms with van der Waals surface area (Å²) in [5.74, 6) is -0.642. The van der Waals surface area contributed by atoms with Gasteiger partial charge in [-0.2, -0.15) is 13.2 Å². The molecule has 0 saturated carbocycles. The molecule has 1 aromatic rings. The highest BCUT2D eigenvalue weighted by atomic mass is 32.1. The molecule has 2 amide bonds. The van der Waals surface area contributed by atoms with Gasteiger partial charge in [-0.1, -0.05) is 0 Å². The highest BCUT2D eigenvalue weighted by Gasteiger charge is 2.39. The lowest BCUT2D eigenvalue weighted by Crippen LogP contribution is -2.54. The fourth-order valence-corrected chi connectivity index (χ4v) is 4.07. The Labute approximate surface area is 186 Å². The molecule has 14 heteroatoms. The highest BCUT2D eigenvalue weighted by Crippen LogP contribution is 2.24. The molecule has 1 aromatic heterocycles. The predicted octanol–water partition coefficient (Wildman–Crippen LogP) is -0.533. The van der Waals surface area contributed by atoms with E-state index in [-0.39, 0.29) is 34.9 Å². The average Bonchev–Trinajstić information content (AvgIpc) is 3.40. The lowest BCUT2D eigenvalue weighted by Gasteiger charge is -2.35.